The van der Waals surface area contributed by atoms with Crippen molar-refractivity contribution in [1.82, 2.24) is 0 Å². The van der Waals surface area contributed by atoms with Crippen LogP contribution >= 0.6 is 0 Å². The molecule has 0 saturated heterocycles. The molecule has 182 valence electrons. The monoisotopic (exact) mass is 481 g/mol. The van der Waals surface area contributed by atoms with Crippen molar-refractivity contribution in [2.24, 2.45) is 5.92 Å². The number of hydrogen-bond acceptors (Lipinski definition) is 5. The Labute approximate surface area is 210 Å². The lowest BCUT2D eigenvalue weighted by atomic mass is 9.86. The SMILES string of the molecule is Cc1cccc(C(C)C)c1NC(=O)C(=O)[C@@H](C(=O)/C=C/c1ccccc1)[C@@H]1OC(=O)c2ccccc21. The van der Waals surface area contributed by atoms with Crippen LogP contribution in [0.4, 0.5) is 5.69 Å². The Morgan fingerprint density at radius 2 is 1.61 bits per heavy atom. The summed E-state index contributed by atoms with van der Waals surface area (Å²) in [6.45, 7) is 5.82. The zero-order valence-electron chi connectivity index (χ0n) is 20.4. The van der Waals surface area contributed by atoms with E-state index in [2.05, 4.69) is 5.32 Å². The number of Topliss-reactive ketones (excluding diaryl/α,β-unsaturated/α-hetero) is 1. The maximum atomic E-state index is 13.5. The molecular formula is C30H27NO5. The van der Waals surface area contributed by atoms with Crippen molar-refractivity contribution >= 4 is 35.2 Å². The van der Waals surface area contributed by atoms with Gasteiger partial charge in [-0.25, -0.2) is 4.79 Å². The molecule has 0 radical (unpaired) electrons. The quantitative estimate of drug-likeness (QED) is 0.200. The number of amides is 1. The van der Waals surface area contributed by atoms with Crippen LogP contribution in [0.5, 0.6) is 0 Å². The molecule has 1 amide bonds. The van der Waals surface area contributed by atoms with Gasteiger partial charge in [-0.2, -0.15) is 0 Å². The topological polar surface area (TPSA) is 89.5 Å². The van der Waals surface area contributed by atoms with E-state index in [1.165, 1.54) is 6.08 Å². The van der Waals surface area contributed by atoms with Gasteiger partial charge in [0.15, 0.2) is 5.78 Å². The molecule has 0 unspecified atom stereocenters. The summed E-state index contributed by atoms with van der Waals surface area (Å²) in [5.74, 6) is -4.58. The van der Waals surface area contributed by atoms with Gasteiger partial charge in [0.05, 0.1) is 5.56 Å². The van der Waals surface area contributed by atoms with Crippen molar-refractivity contribution in [3.8, 4) is 0 Å². The van der Waals surface area contributed by atoms with Crippen LogP contribution in [0.1, 0.15) is 58.5 Å². The molecule has 0 saturated carbocycles. The number of para-hydroxylation sites is 1. The first-order chi connectivity index (χ1) is 17.3. The molecule has 6 heteroatoms. The molecule has 0 aliphatic carbocycles. The van der Waals surface area contributed by atoms with Crippen LogP contribution in [0.15, 0.2) is 78.9 Å². The number of ether oxygens (including phenoxy) is 1. The summed E-state index contributed by atoms with van der Waals surface area (Å²) in [5, 5.41) is 2.72. The molecular weight excluding hydrogens is 454 g/mol. The highest BCUT2D eigenvalue weighted by atomic mass is 16.5. The Balaban J connectivity index is 1.69. The summed E-state index contributed by atoms with van der Waals surface area (Å²) in [6, 6.07) is 21.3. The van der Waals surface area contributed by atoms with Crippen LogP contribution < -0.4 is 5.32 Å². The molecule has 0 aromatic heterocycles. The standard InChI is InChI=1S/C30H27NO5/c1-18(2)21-15-9-10-19(3)26(21)31-29(34)27(33)25(24(32)17-16-20-11-5-4-6-12-20)28-22-13-7-8-14-23(22)30(35)36-28/h4-18,25,28H,1-3H3,(H,31,34)/b17-16+/t25-,28-/m1/s1. The zero-order valence-corrected chi connectivity index (χ0v) is 20.4. The van der Waals surface area contributed by atoms with E-state index in [1.807, 2.05) is 69.3 Å². The van der Waals surface area contributed by atoms with E-state index in [0.29, 0.717) is 11.3 Å². The lowest BCUT2D eigenvalue weighted by Gasteiger charge is -2.21. The van der Waals surface area contributed by atoms with E-state index in [9.17, 15) is 19.2 Å². The fourth-order valence-electron chi connectivity index (χ4n) is 4.34. The fourth-order valence-corrected chi connectivity index (χ4v) is 4.34. The summed E-state index contributed by atoms with van der Waals surface area (Å²) < 4.78 is 5.48. The van der Waals surface area contributed by atoms with Crippen molar-refractivity contribution in [3.05, 3.63) is 107 Å². The smallest absolute Gasteiger partial charge is 0.339 e. The number of carbonyl (C=O) groups excluding carboxylic acids is 4. The van der Waals surface area contributed by atoms with E-state index >= 15 is 0 Å². The molecule has 2 atom stereocenters. The Morgan fingerprint density at radius 1 is 0.917 bits per heavy atom. The van der Waals surface area contributed by atoms with Gasteiger partial charge in [-0.15, -0.1) is 0 Å². The van der Waals surface area contributed by atoms with Gasteiger partial charge in [-0.1, -0.05) is 86.7 Å². The third-order valence-corrected chi connectivity index (χ3v) is 6.24. The first-order valence-corrected chi connectivity index (χ1v) is 11.8. The van der Waals surface area contributed by atoms with Crippen molar-refractivity contribution in [2.45, 2.75) is 32.8 Å². The Morgan fingerprint density at radius 3 is 2.33 bits per heavy atom. The lowest BCUT2D eigenvalue weighted by Crippen LogP contribution is -2.37. The van der Waals surface area contributed by atoms with E-state index < -0.39 is 35.5 Å². The predicted octanol–water partition coefficient (Wildman–Crippen LogP) is 5.44. The number of fused-ring (bicyclic) bond motifs is 1. The molecule has 36 heavy (non-hydrogen) atoms. The normalized spacial score (nSPS) is 15.4. The van der Waals surface area contributed by atoms with Crippen LogP contribution in [0, 0.1) is 12.8 Å². The average Bonchev–Trinajstić information content (AvgIpc) is 3.20. The zero-order chi connectivity index (χ0) is 25.8. The number of esters is 1. The van der Waals surface area contributed by atoms with Gasteiger partial charge in [-0.05, 0) is 41.7 Å². The van der Waals surface area contributed by atoms with E-state index in [4.69, 9.17) is 4.74 Å². The number of anilines is 1. The highest BCUT2D eigenvalue weighted by Gasteiger charge is 2.45. The van der Waals surface area contributed by atoms with Gasteiger partial charge in [0, 0.05) is 11.3 Å². The van der Waals surface area contributed by atoms with Gasteiger partial charge in [0.25, 0.3) is 5.91 Å². The van der Waals surface area contributed by atoms with Gasteiger partial charge in [0.1, 0.15) is 12.0 Å². The van der Waals surface area contributed by atoms with Crippen LogP contribution in [-0.2, 0) is 19.1 Å². The Hall–Kier alpha value is -4.32. The first-order valence-electron chi connectivity index (χ1n) is 11.8. The van der Waals surface area contributed by atoms with Gasteiger partial charge >= 0.3 is 5.97 Å². The number of allylic oxidation sites excluding steroid dienone is 1. The van der Waals surface area contributed by atoms with E-state index in [0.717, 1.165) is 16.7 Å². The Bertz CT molecular complexity index is 1360. The summed E-state index contributed by atoms with van der Waals surface area (Å²) in [4.78, 5) is 52.6. The molecule has 1 aliphatic rings. The maximum absolute atomic E-state index is 13.5. The van der Waals surface area contributed by atoms with Crippen molar-refractivity contribution in [3.63, 3.8) is 0 Å². The molecule has 1 aliphatic heterocycles. The molecule has 0 spiro atoms. The molecule has 0 fully saturated rings. The molecule has 6 nitrogen and oxygen atoms in total. The second-order valence-electron chi connectivity index (χ2n) is 9.05. The summed E-state index contributed by atoms with van der Waals surface area (Å²) in [5.41, 5.74) is 3.66. The number of aryl methyl sites for hydroxylation is 1. The van der Waals surface area contributed by atoms with E-state index in [1.54, 1.807) is 30.3 Å². The van der Waals surface area contributed by atoms with E-state index in [-0.39, 0.29) is 11.5 Å². The van der Waals surface area contributed by atoms with Crippen LogP contribution in [0.3, 0.4) is 0 Å². The molecule has 1 N–H and O–H groups in total. The molecule has 3 aromatic rings. The molecule has 3 aromatic carbocycles. The number of cyclic esters (lactones) is 1. The number of carbonyl (C=O) groups is 4. The summed E-state index contributed by atoms with van der Waals surface area (Å²) in [7, 11) is 0. The molecule has 0 bridgehead atoms. The number of rotatable bonds is 8. The minimum Gasteiger partial charge on any atom is -0.453 e. The second-order valence-corrected chi connectivity index (χ2v) is 9.05. The minimum absolute atomic E-state index is 0.101. The summed E-state index contributed by atoms with van der Waals surface area (Å²) >= 11 is 0. The third-order valence-electron chi connectivity index (χ3n) is 6.24. The van der Waals surface area contributed by atoms with Gasteiger partial charge in [-0.3, -0.25) is 14.4 Å². The Kier molecular flexibility index (Phi) is 7.25. The minimum atomic E-state index is -1.52. The largest absolute Gasteiger partial charge is 0.453 e. The van der Waals surface area contributed by atoms with Crippen LogP contribution in [0.25, 0.3) is 6.08 Å². The third kappa shape index (κ3) is 5.03. The first kappa shape index (κ1) is 24.8. The number of ketones is 2. The molecule has 1 heterocycles. The van der Waals surface area contributed by atoms with Crippen molar-refractivity contribution in [2.75, 3.05) is 5.32 Å². The van der Waals surface area contributed by atoms with Crippen LogP contribution in [0.2, 0.25) is 0 Å². The van der Waals surface area contributed by atoms with Gasteiger partial charge in [0.2, 0.25) is 5.78 Å². The summed E-state index contributed by atoms with van der Waals surface area (Å²) in [6.07, 6.45) is 1.63. The number of benzene rings is 3. The maximum Gasteiger partial charge on any atom is 0.339 e. The average molecular weight is 482 g/mol. The second kappa shape index (κ2) is 10.5. The predicted molar refractivity (Wildman–Crippen MR) is 137 cm³/mol. The highest BCUT2D eigenvalue weighted by Crippen LogP contribution is 2.37. The number of hydrogen-bond donors (Lipinski definition) is 1. The van der Waals surface area contributed by atoms with Crippen LogP contribution in [-0.4, -0.2) is 23.4 Å². The highest BCUT2D eigenvalue weighted by molar-refractivity contribution is 6.45. The fraction of sp³-hybridized carbons (Fsp3) is 0.200. The van der Waals surface area contributed by atoms with Gasteiger partial charge < -0.3 is 10.1 Å². The molecule has 4 rings (SSSR count). The number of nitrogens with one attached hydrogen (secondary N) is 1. The van der Waals surface area contributed by atoms with Crippen molar-refractivity contribution in [1.29, 1.82) is 0 Å². The van der Waals surface area contributed by atoms with Crippen molar-refractivity contribution < 1.29 is 23.9 Å². The lowest BCUT2D eigenvalue weighted by molar-refractivity contribution is -0.143.